The van der Waals surface area contributed by atoms with Crippen LogP contribution in [0.4, 0.5) is 17.1 Å². The monoisotopic (exact) mass is 603 g/mol. The molecule has 0 spiro atoms. The van der Waals surface area contributed by atoms with E-state index >= 15 is 0 Å². The molecule has 0 aliphatic heterocycles. The van der Waals surface area contributed by atoms with Gasteiger partial charge in [-0.15, -0.1) is 6.42 Å². The Bertz CT molecular complexity index is 2120. The van der Waals surface area contributed by atoms with Crippen molar-refractivity contribution in [3.05, 3.63) is 187 Å². The second-order valence-corrected chi connectivity index (χ2v) is 12.5. The molecule has 0 bridgehead atoms. The number of fused-ring (bicyclic) bond motifs is 3. The molecule has 0 saturated carbocycles. The second kappa shape index (κ2) is 12.9. The minimum Gasteiger partial charge on any atom is -0.310 e. The van der Waals surface area contributed by atoms with Gasteiger partial charge >= 0.3 is 0 Å². The molecular weight excluding hydrogens is 567 g/mol. The topological polar surface area (TPSA) is 3.24 Å². The van der Waals surface area contributed by atoms with Crippen LogP contribution in [-0.4, -0.2) is 0 Å². The van der Waals surface area contributed by atoms with Crippen molar-refractivity contribution in [2.45, 2.75) is 25.7 Å². The molecule has 0 aromatic heterocycles. The first-order valence-corrected chi connectivity index (χ1v) is 16.2. The normalized spacial score (nSPS) is 13.0. The molecule has 226 valence electrons. The van der Waals surface area contributed by atoms with Gasteiger partial charge in [0.25, 0.3) is 0 Å². The Hall–Kier alpha value is -5.84. The molecule has 1 aliphatic rings. The number of anilines is 3. The van der Waals surface area contributed by atoms with Gasteiger partial charge in [-0.25, -0.2) is 0 Å². The zero-order valence-corrected chi connectivity index (χ0v) is 26.9. The van der Waals surface area contributed by atoms with Crippen molar-refractivity contribution in [1.82, 2.24) is 0 Å². The van der Waals surface area contributed by atoms with Crippen LogP contribution in [0, 0.1) is 12.3 Å². The highest BCUT2D eigenvalue weighted by Crippen LogP contribution is 2.50. The van der Waals surface area contributed by atoms with Gasteiger partial charge in [0, 0.05) is 22.5 Å². The van der Waals surface area contributed by atoms with E-state index in [1.165, 1.54) is 50.1 Å². The second-order valence-electron chi connectivity index (χ2n) is 12.5. The fourth-order valence-electron chi connectivity index (χ4n) is 6.86. The number of terminal acetylenes is 1. The zero-order valence-electron chi connectivity index (χ0n) is 26.9. The molecule has 0 fully saturated rings. The maximum atomic E-state index is 5.32. The lowest BCUT2D eigenvalue weighted by Gasteiger charge is -2.27. The smallest absolute Gasteiger partial charge is 0.0468 e. The molecule has 0 atom stereocenters. The van der Waals surface area contributed by atoms with Crippen molar-refractivity contribution >= 4 is 17.1 Å². The Morgan fingerprint density at radius 3 is 1.79 bits per heavy atom. The summed E-state index contributed by atoms with van der Waals surface area (Å²) in [7, 11) is 0. The first-order valence-electron chi connectivity index (χ1n) is 16.2. The standard InChI is InChI=1S/C46H37N/c1-4-5-6-7-9-16-34-23-27-37(28-24-34)47(39-31-32-45-43(33-39)42-21-14-15-22-44(42)46(45,2)3)38-29-25-36(26-30-38)41-20-13-12-19-40(41)35-17-10-8-11-18-35/h1,5-15,17-33H,16H2,2-3H3/b6-5-,9-7-. The van der Waals surface area contributed by atoms with E-state index in [9.17, 15) is 0 Å². The minimum absolute atomic E-state index is 0.0341. The van der Waals surface area contributed by atoms with E-state index in [4.69, 9.17) is 6.42 Å². The Morgan fingerprint density at radius 2 is 1.11 bits per heavy atom. The highest BCUT2D eigenvalue weighted by atomic mass is 15.1. The molecule has 0 unspecified atom stereocenters. The van der Waals surface area contributed by atoms with Crippen LogP contribution in [0.3, 0.4) is 0 Å². The van der Waals surface area contributed by atoms with Gasteiger partial charge < -0.3 is 4.90 Å². The zero-order chi connectivity index (χ0) is 32.2. The summed E-state index contributed by atoms with van der Waals surface area (Å²) < 4.78 is 0. The first kappa shape index (κ1) is 29.8. The molecule has 6 aromatic rings. The van der Waals surface area contributed by atoms with Gasteiger partial charge in [0.1, 0.15) is 0 Å². The first-order chi connectivity index (χ1) is 23.0. The lowest BCUT2D eigenvalue weighted by molar-refractivity contribution is 0.660. The molecule has 0 radical (unpaired) electrons. The number of rotatable bonds is 8. The third-order valence-electron chi connectivity index (χ3n) is 9.26. The van der Waals surface area contributed by atoms with Gasteiger partial charge in [-0.1, -0.05) is 147 Å². The minimum atomic E-state index is -0.0341. The average Bonchev–Trinajstić information content (AvgIpc) is 3.35. The summed E-state index contributed by atoms with van der Waals surface area (Å²) >= 11 is 0. The van der Waals surface area contributed by atoms with Crippen LogP contribution < -0.4 is 4.90 Å². The number of hydrogen-bond donors (Lipinski definition) is 0. The summed E-state index contributed by atoms with van der Waals surface area (Å²) in [6.45, 7) is 4.66. The molecule has 0 amide bonds. The Labute approximate surface area is 279 Å². The number of nitrogens with zero attached hydrogens (tertiary/aromatic N) is 1. The van der Waals surface area contributed by atoms with E-state index in [1.807, 2.05) is 12.2 Å². The number of allylic oxidation sites excluding steroid dienone is 4. The van der Waals surface area contributed by atoms with Crippen molar-refractivity contribution in [2.75, 3.05) is 4.90 Å². The van der Waals surface area contributed by atoms with E-state index in [1.54, 1.807) is 6.08 Å². The fourth-order valence-corrected chi connectivity index (χ4v) is 6.86. The fraction of sp³-hybridized carbons (Fsp3) is 0.0870. The van der Waals surface area contributed by atoms with Crippen molar-refractivity contribution in [1.29, 1.82) is 0 Å². The van der Waals surface area contributed by atoms with Gasteiger partial charge in [0.05, 0.1) is 0 Å². The number of hydrogen-bond acceptors (Lipinski definition) is 1. The molecule has 0 saturated heterocycles. The van der Waals surface area contributed by atoms with Crippen molar-refractivity contribution in [2.24, 2.45) is 0 Å². The number of benzene rings is 6. The van der Waals surface area contributed by atoms with E-state index in [0.29, 0.717) is 0 Å². The summed E-state index contributed by atoms with van der Waals surface area (Å²) in [6.07, 6.45) is 13.9. The van der Waals surface area contributed by atoms with Crippen molar-refractivity contribution < 1.29 is 0 Å². The molecule has 1 nitrogen and oxygen atoms in total. The average molecular weight is 604 g/mol. The van der Waals surface area contributed by atoms with Crippen LogP contribution in [0.1, 0.15) is 30.5 Å². The third kappa shape index (κ3) is 5.83. The maximum Gasteiger partial charge on any atom is 0.0468 e. The SMILES string of the molecule is C#C/C=C\C=C/Cc1ccc(N(c2ccc(-c3ccccc3-c3ccccc3)cc2)c2ccc3c(c2)-c2ccccc2C3(C)C)cc1. The Kier molecular flexibility index (Phi) is 8.18. The summed E-state index contributed by atoms with van der Waals surface area (Å²) in [5, 5.41) is 0. The third-order valence-corrected chi connectivity index (χ3v) is 9.26. The van der Waals surface area contributed by atoms with Gasteiger partial charge in [0.2, 0.25) is 0 Å². The Morgan fingerprint density at radius 1 is 0.553 bits per heavy atom. The van der Waals surface area contributed by atoms with Crippen LogP contribution >= 0.6 is 0 Å². The summed E-state index contributed by atoms with van der Waals surface area (Å²) in [5.41, 5.74) is 14.8. The van der Waals surface area contributed by atoms with Gasteiger partial charge in [-0.3, -0.25) is 0 Å². The summed E-state index contributed by atoms with van der Waals surface area (Å²) in [6, 6.07) is 52.9. The van der Waals surface area contributed by atoms with Crippen LogP contribution in [-0.2, 0) is 11.8 Å². The Balaban J connectivity index is 1.29. The van der Waals surface area contributed by atoms with E-state index in [-0.39, 0.29) is 5.41 Å². The van der Waals surface area contributed by atoms with E-state index in [0.717, 1.165) is 23.5 Å². The molecule has 1 aliphatic carbocycles. The van der Waals surface area contributed by atoms with Crippen LogP contribution in [0.2, 0.25) is 0 Å². The molecule has 0 heterocycles. The molecule has 0 N–H and O–H groups in total. The lowest BCUT2D eigenvalue weighted by atomic mass is 9.82. The van der Waals surface area contributed by atoms with E-state index in [2.05, 4.69) is 176 Å². The van der Waals surface area contributed by atoms with Crippen LogP contribution in [0.25, 0.3) is 33.4 Å². The van der Waals surface area contributed by atoms with Crippen LogP contribution in [0.5, 0.6) is 0 Å². The van der Waals surface area contributed by atoms with E-state index < -0.39 is 0 Å². The van der Waals surface area contributed by atoms with Crippen molar-refractivity contribution in [3.8, 4) is 45.7 Å². The lowest BCUT2D eigenvalue weighted by Crippen LogP contribution is -2.15. The highest BCUT2D eigenvalue weighted by Gasteiger charge is 2.35. The molecule has 7 rings (SSSR count). The van der Waals surface area contributed by atoms with Gasteiger partial charge in [0.15, 0.2) is 0 Å². The molecular formula is C46H37N. The highest BCUT2D eigenvalue weighted by molar-refractivity contribution is 5.88. The van der Waals surface area contributed by atoms with Gasteiger partial charge in [-0.05, 0) is 99.0 Å². The summed E-state index contributed by atoms with van der Waals surface area (Å²) in [4.78, 5) is 2.37. The van der Waals surface area contributed by atoms with Crippen LogP contribution in [0.15, 0.2) is 170 Å². The molecule has 1 heteroatoms. The summed E-state index contributed by atoms with van der Waals surface area (Å²) in [5.74, 6) is 2.53. The molecule has 6 aromatic carbocycles. The quantitative estimate of drug-likeness (QED) is 0.124. The predicted molar refractivity (Wildman–Crippen MR) is 200 cm³/mol. The van der Waals surface area contributed by atoms with Crippen molar-refractivity contribution in [3.63, 3.8) is 0 Å². The largest absolute Gasteiger partial charge is 0.310 e. The maximum absolute atomic E-state index is 5.32. The van der Waals surface area contributed by atoms with Gasteiger partial charge in [-0.2, -0.15) is 0 Å². The molecule has 47 heavy (non-hydrogen) atoms. The predicted octanol–water partition coefficient (Wildman–Crippen LogP) is 12.1.